The summed E-state index contributed by atoms with van der Waals surface area (Å²) in [6, 6.07) is 0. The van der Waals surface area contributed by atoms with E-state index in [1.165, 1.54) is 37.7 Å². The van der Waals surface area contributed by atoms with Crippen LogP contribution >= 0.6 is 0 Å². The Morgan fingerprint density at radius 2 is 2.10 bits per heavy atom. The first-order chi connectivity index (χ1) is 9.84. The van der Waals surface area contributed by atoms with Crippen molar-refractivity contribution in [3.05, 3.63) is 23.3 Å². The molecule has 0 aliphatic heterocycles. The summed E-state index contributed by atoms with van der Waals surface area (Å²) in [6.45, 7) is 12.2. The zero-order valence-corrected chi connectivity index (χ0v) is 14.7. The van der Waals surface area contributed by atoms with Crippen LogP contribution in [0.1, 0.15) is 73.1 Å². The van der Waals surface area contributed by atoms with Crippen molar-refractivity contribution in [3.8, 4) is 0 Å². The number of rotatable bonds is 4. The molecular weight excluding hydrogens is 256 g/mol. The molecule has 0 amide bonds. The molecule has 2 rings (SSSR count). The molecule has 1 N–H and O–H groups in total. The number of hydrogen-bond donors (Lipinski definition) is 1. The monoisotopic (exact) mass is 290 g/mol. The van der Waals surface area contributed by atoms with Crippen LogP contribution in [0.25, 0.3) is 0 Å². The highest BCUT2D eigenvalue weighted by atomic mass is 16.2. The van der Waals surface area contributed by atoms with Crippen molar-refractivity contribution in [2.45, 2.75) is 73.1 Å². The third-order valence-corrected chi connectivity index (χ3v) is 7.09. The Morgan fingerprint density at radius 3 is 2.76 bits per heavy atom. The van der Waals surface area contributed by atoms with E-state index in [1.807, 2.05) is 6.08 Å². The van der Waals surface area contributed by atoms with E-state index in [9.17, 15) is 0 Å². The molecule has 0 saturated heterocycles. The van der Waals surface area contributed by atoms with Crippen molar-refractivity contribution in [1.29, 1.82) is 0 Å². The molecule has 21 heavy (non-hydrogen) atoms. The summed E-state index contributed by atoms with van der Waals surface area (Å²) in [5.41, 5.74) is 3.85. The molecule has 0 aromatic carbocycles. The van der Waals surface area contributed by atoms with Gasteiger partial charge in [-0.05, 0) is 75.0 Å². The molecule has 1 heteroatoms. The lowest BCUT2D eigenvalue weighted by Crippen LogP contribution is -2.49. The van der Waals surface area contributed by atoms with E-state index in [2.05, 4.69) is 40.7 Å². The number of hydrogen-bond acceptors (Lipinski definition) is 1. The lowest BCUT2D eigenvalue weighted by atomic mass is 9.47. The summed E-state index contributed by atoms with van der Waals surface area (Å²) in [7, 11) is 0. The van der Waals surface area contributed by atoms with E-state index < -0.39 is 0 Å². The second-order valence-electron chi connectivity index (χ2n) is 8.11. The summed E-state index contributed by atoms with van der Waals surface area (Å²) >= 11 is 0. The van der Waals surface area contributed by atoms with Gasteiger partial charge < -0.3 is 5.11 Å². The summed E-state index contributed by atoms with van der Waals surface area (Å²) in [4.78, 5) is 0. The van der Waals surface area contributed by atoms with Crippen LogP contribution < -0.4 is 0 Å². The van der Waals surface area contributed by atoms with Gasteiger partial charge in [0, 0.05) is 0 Å². The molecule has 1 fully saturated rings. The smallest absolute Gasteiger partial charge is 0.0614 e. The second kappa shape index (κ2) is 6.28. The van der Waals surface area contributed by atoms with E-state index in [4.69, 9.17) is 5.11 Å². The Kier molecular flexibility index (Phi) is 5.03. The van der Waals surface area contributed by atoms with Gasteiger partial charge in [0.25, 0.3) is 0 Å². The fraction of sp³-hybridized carbons (Fsp3) is 0.800. The van der Waals surface area contributed by atoms with Gasteiger partial charge in [0.2, 0.25) is 0 Å². The van der Waals surface area contributed by atoms with Gasteiger partial charge in [0.1, 0.15) is 0 Å². The first-order valence-corrected chi connectivity index (χ1v) is 8.78. The van der Waals surface area contributed by atoms with Crippen LogP contribution in [0.5, 0.6) is 0 Å². The normalized spacial score (nSPS) is 40.7. The lowest BCUT2D eigenvalue weighted by molar-refractivity contribution is -0.0466. The fourth-order valence-corrected chi connectivity index (χ4v) is 5.06. The predicted octanol–water partition coefficient (Wildman–Crippen LogP) is 5.50. The van der Waals surface area contributed by atoms with Crippen LogP contribution in [0.3, 0.4) is 0 Å². The summed E-state index contributed by atoms with van der Waals surface area (Å²) < 4.78 is 0. The van der Waals surface area contributed by atoms with Gasteiger partial charge in [-0.3, -0.25) is 0 Å². The maximum Gasteiger partial charge on any atom is 0.0614 e. The average Bonchev–Trinajstić information content (AvgIpc) is 2.44. The van der Waals surface area contributed by atoms with E-state index in [0.29, 0.717) is 10.8 Å². The van der Waals surface area contributed by atoms with Gasteiger partial charge in [-0.25, -0.2) is 0 Å². The topological polar surface area (TPSA) is 20.2 Å². The van der Waals surface area contributed by atoms with Gasteiger partial charge in [-0.2, -0.15) is 0 Å². The molecule has 0 spiro atoms. The van der Waals surface area contributed by atoms with Gasteiger partial charge in [-0.1, -0.05) is 44.1 Å². The quantitative estimate of drug-likeness (QED) is 0.677. The second-order valence-corrected chi connectivity index (χ2v) is 8.11. The highest BCUT2D eigenvalue weighted by Gasteiger charge is 2.52. The number of aliphatic hydroxyl groups excluding tert-OH is 1. The molecule has 0 aromatic heterocycles. The lowest BCUT2D eigenvalue weighted by Gasteiger charge is -2.58. The Morgan fingerprint density at radius 1 is 1.38 bits per heavy atom. The zero-order valence-electron chi connectivity index (χ0n) is 14.7. The average molecular weight is 290 g/mol. The molecular formula is C20H34O. The molecule has 120 valence electrons. The minimum absolute atomic E-state index is 0.182. The summed E-state index contributed by atoms with van der Waals surface area (Å²) in [5, 5.41) is 9.07. The minimum atomic E-state index is 0.182. The number of aliphatic hydroxyl groups is 1. The molecule has 1 nitrogen and oxygen atoms in total. The van der Waals surface area contributed by atoms with E-state index >= 15 is 0 Å². The van der Waals surface area contributed by atoms with Crippen molar-refractivity contribution >= 4 is 0 Å². The van der Waals surface area contributed by atoms with Crippen LogP contribution in [-0.4, -0.2) is 11.7 Å². The molecule has 0 bridgehead atoms. The van der Waals surface area contributed by atoms with Crippen LogP contribution in [0, 0.1) is 22.7 Å². The van der Waals surface area contributed by atoms with E-state index in [0.717, 1.165) is 18.3 Å². The van der Waals surface area contributed by atoms with Crippen LogP contribution in [0.15, 0.2) is 23.3 Å². The van der Waals surface area contributed by atoms with Crippen LogP contribution in [0.4, 0.5) is 0 Å². The zero-order chi connectivity index (χ0) is 15.7. The number of allylic oxidation sites excluding steroid dienone is 3. The molecule has 0 radical (unpaired) electrons. The van der Waals surface area contributed by atoms with Crippen molar-refractivity contribution in [2.24, 2.45) is 22.7 Å². The third kappa shape index (κ3) is 2.99. The Bertz CT molecular complexity index is 433. The van der Waals surface area contributed by atoms with Crippen LogP contribution in [-0.2, 0) is 0 Å². The first-order valence-electron chi connectivity index (χ1n) is 8.78. The molecule has 0 unspecified atom stereocenters. The van der Waals surface area contributed by atoms with Gasteiger partial charge in [-0.15, -0.1) is 0 Å². The standard InChI is InChI=1S/C20H34O/c1-15(11-14-21)9-12-19(4)17(3)10-13-20(5)16(2)7-6-8-18(19)20/h7,11,17-18,21H,6,8-10,12-14H2,1-5H3/b15-11+/t17-,18-,19+,20+/m1/s1. The Hall–Kier alpha value is -0.560. The van der Waals surface area contributed by atoms with Crippen molar-refractivity contribution in [1.82, 2.24) is 0 Å². The molecule has 4 atom stereocenters. The van der Waals surface area contributed by atoms with Crippen molar-refractivity contribution in [2.75, 3.05) is 6.61 Å². The third-order valence-electron chi connectivity index (χ3n) is 7.09. The minimum Gasteiger partial charge on any atom is -0.392 e. The molecule has 2 aliphatic rings. The van der Waals surface area contributed by atoms with E-state index in [1.54, 1.807) is 5.57 Å². The van der Waals surface area contributed by atoms with Gasteiger partial charge >= 0.3 is 0 Å². The first kappa shape index (κ1) is 16.8. The molecule has 0 heterocycles. The highest BCUT2D eigenvalue weighted by molar-refractivity contribution is 5.21. The predicted molar refractivity (Wildman–Crippen MR) is 91.2 cm³/mol. The van der Waals surface area contributed by atoms with Crippen LogP contribution in [0.2, 0.25) is 0 Å². The molecule has 1 saturated carbocycles. The molecule has 2 aliphatic carbocycles. The maximum atomic E-state index is 9.07. The SMILES string of the molecule is CC1=CCC[C@@H]2[C@@](C)(CC/C(C)=C/CO)[C@H](C)CC[C@@]12C. The van der Waals surface area contributed by atoms with Crippen molar-refractivity contribution < 1.29 is 5.11 Å². The molecule has 0 aromatic rings. The van der Waals surface area contributed by atoms with Gasteiger partial charge in [0.05, 0.1) is 6.61 Å². The maximum absolute atomic E-state index is 9.07. The summed E-state index contributed by atoms with van der Waals surface area (Å²) in [6.07, 6.45) is 12.2. The number of fused-ring (bicyclic) bond motifs is 1. The highest BCUT2D eigenvalue weighted by Crippen LogP contribution is 2.61. The Labute approximate surface area is 131 Å². The fourth-order valence-electron chi connectivity index (χ4n) is 5.06. The summed E-state index contributed by atoms with van der Waals surface area (Å²) in [5.74, 6) is 1.63. The van der Waals surface area contributed by atoms with Gasteiger partial charge in [0.15, 0.2) is 0 Å². The van der Waals surface area contributed by atoms with E-state index in [-0.39, 0.29) is 6.61 Å². The Balaban J connectivity index is 2.23. The largest absolute Gasteiger partial charge is 0.392 e. The van der Waals surface area contributed by atoms with Crippen molar-refractivity contribution in [3.63, 3.8) is 0 Å².